The van der Waals surface area contributed by atoms with Gasteiger partial charge >= 0.3 is 6.09 Å². The van der Waals surface area contributed by atoms with Gasteiger partial charge in [0.05, 0.1) is 0 Å². The third-order valence-electron chi connectivity index (χ3n) is 3.55. The fourth-order valence-electron chi connectivity index (χ4n) is 2.55. The second-order valence-corrected chi connectivity index (χ2v) is 6.46. The fourth-order valence-corrected chi connectivity index (χ4v) is 2.55. The molecule has 0 heterocycles. The van der Waals surface area contributed by atoms with Crippen molar-refractivity contribution in [1.29, 1.82) is 0 Å². The van der Waals surface area contributed by atoms with Crippen LogP contribution in [0.15, 0.2) is 5.16 Å². The lowest BCUT2D eigenvalue weighted by Crippen LogP contribution is -2.58. The first-order chi connectivity index (χ1) is 9.29. The van der Waals surface area contributed by atoms with Gasteiger partial charge in [0.2, 0.25) is 0 Å². The number of amides is 1. The van der Waals surface area contributed by atoms with Crippen molar-refractivity contribution in [3.05, 3.63) is 0 Å². The molecule has 1 aliphatic carbocycles. The van der Waals surface area contributed by atoms with Gasteiger partial charge in [0, 0.05) is 0 Å². The molecule has 6 nitrogen and oxygen atoms in total. The van der Waals surface area contributed by atoms with Gasteiger partial charge in [-0.3, -0.25) is 0 Å². The van der Waals surface area contributed by atoms with Crippen LogP contribution >= 0.6 is 0 Å². The molecule has 0 aromatic carbocycles. The predicted octanol–water partition coefficient (Wildman–Crippen LogP) is 2.74. The van der Waals surface area contributed by atoms with Gasteiger partial charge in [0.1, 0.15) is 11.1 Å². The normalized spacial score (nSPS) is 20.6. The van der Waals surface area contributed by atoms with Gasteiger partial charge in [-0.05, 0) is 33.6 Å². The van der Waals surface area contributed by atoms with Crippen LogP contribution in [-0.2, 0) is 4.74 Å². The molecule has 0 aromatic rings. The Kier molecular flexibility index (Phi) is 5.65. The Bertz CT molecular complexity index is 353. The molecule has 20 heavy (non-hydrogen) atoms. The number of ether oxygens (including phenoxy) is 1. The number of carbonyl (C=O) groups is 1. The van der Waals surface area contributed by atoms with Crippen LogP contribution in [0.1, 0.15) is 65.7 Å². The van der Waals surface area contributed by atoms with Gasteiger partial charge in [0.15, 0.2) is 5.84 Å². The maximum Gasteiger partial charge on any atom is 0.408 e. The number of alkyl carbamates (subject to hydrolysis) is 1. The molecule has 4 N–H and O–H groups in total. The maximum atomic E-state index is 12.0. The molecule has 0 radical (unpaired) electrons. The number of amidine groups is 1. The minimum atomic E-state index is -0.794. The number of hydrogen-bond acceptors (Lipinski definition) is 4. The molecule has 1 fully saturated rings. The number of nitrogens with zero attached hydrogens (tertiary/aromatic N) is 1. The molecular weight excluding hydrogens is 258 g/mol. The summed E-state index contributed by atoms with van der Waals surface area (Å²) in [5.41, 5.74) is 4.48. The lowest BCUT2D eigenvalue weighted by molar-refractivity contribution is 0.0471. The van der Waals surface area contributed by atoms with Gasteiger partial charge < -0.3 is 21.0 Å². The van der Waals surface area contributed by atoms with E-state index in [0.29, 0.717) is 12.8 Å². The van der Waals surface area contributed by atoms with Gasteiger partial charge in [-0.2, -0.15) is 0 Å². The molecule has 1 amide bonds. The summed E-state index contributed by atoms with van der Waals surface area (Å²) in [5, 5.41) is 15.0. The highest BCUT2D eigenvalue weighted by Gasteiger charge is 2.38. The SMILES string of the molecule is CC(C)(C)OC(=O)NC1(C(N)=NO)CCCCCCC1. The summed E-state index contributed by atoms with van der Waals surface area (Å²) in [6.45, 7) is 5.42. The quantitative estimate of drug-likeness (QED) is 0.314. The Labute approximate surface area is 120 Å². The smallest absolute Gasteiger partial charge is 0.408 e. The highest BCUT2D eigenvalue weighted by atomic mass is 16.6. The first kappa shape index (κ1) is 16.6. The number of oxime groups is 1. The lowest BCUT2D eigenvalue weighted by Gasteiger charge is -2.35. The first-order valence-corrected chi connectivity index (χ1v) is 7.28. The highest BCUT2D eigenvalue weighted by molar-refractivity contribution is 5.92. The minimum Gasteiger partial charge on any atom is -0.444 e. The Hall–Kier alpha value is -1.46. The minimum absolute atomic E-state index is 0.0604. The molecular formula is C14H27N3O3. The highest BCUT2D eigenvalue weighted by Crippen LogP contribution is 2.27. The summed E-state index contributed by atoms with van der Waals surface area (Å²) in [5.74, 6) is 0.0604. The van der Waals surface area contributed by atoms with E-state index in [2.05, 4.69) is 10.5 Å². The van der Waals surface area contributed by atoms with E-state index in [1.165, 1.54) is 6.42 Å². The lowest BCUT2D eigenvalue weighted by atomic mass is 9.83. The average molecular weight is 285 g/mol. The van der Waals surface area contributed by atoms with Crippen molar-refractivity contribution in [3.8, 4) is 0 Å². The molecule has 1 rings (SSSR count). The Morgan fingerprint density at radius 3 is 2.15 bits per heavy atom. The third kappa shape index (κ3) is 4.90. The standard InChI is InChI=1S/C14H27N3O3/c1-13(2,3)20-12(18)16-14(11(15)17-19)9-7-5-4-6-8-10-14/h19H,4-10H2,1-3H3,(H2,15,17)(H,16,18). The molecule has 0 bridgehead atoms. The number of rotatable bonds is 2. The Balaban J connectivity index is 2.84. The maximum absolute atomic E-state index is 12.0. The zero-order valence-electron chi connectivity index (χ0n) is 12.7. The summed E-state index contributed by atoms with van der Waals surface area (Å²) < 4.78 is 5.29. The van der Waals surface area contributed by atoms with Crippen molar-refractivity contribution in [1.82, 2.24) is 5.32 Å². The molecule has 116 valence electrons. The molecule has 0 unspecified atom stereocenters. The molecule has 0 spiro atoms. The summed E-state index contributed by atoms with van der Waals surface area (Å²) in [4.78, 5) is 12.0. The van der Waals surface area contributed by atoms with Crippen molar-refractivity contribution in [2.24, 2.45) is 10.9 Å². The van der Waals surface area contributed by atoms with Crippen LogP contribution in [0.3, 0.4) is 0 Å². The topological polar surface area (TPSA) is 96.9 Å². The van der Waals surface area contributed by atoms with Crippen molar-refractivity contribution in [3.63, 3.8) is 0 Å². The van der Waals surface area contributed by atoms with E-state index in [1.54, 1.807) is 20.8 Å². The van der Waals surface area contributed by atoms with Gasteiger partial charge in [-0.15, -0.1) is 0 Å². The van der Waals surface area contributed by atoms with Crippen LogP contribution < -0.4 is 11.1 Å². The molecule has 1 aliphatic rings. The summed E-state index contributed by atoms with van der Waals surface area (Å²) >= 11 is 0. The van der Waals surface area contributed by atoms with Crippen LogP contribution in [0.2, 0.25) is 0 Å². The second kappa shape index (κ2) is 6.81. The van der Waals surface area contributed by atoms with Crippen molar-refractivity contribution < 1.29 is 14.7 Å². The zero-order valence-corrected chi connectivity index (χ0v) is 12.7. The van der Waals surface area contributed by atoms with Crippen LogP contribution in [-0.4, -0.2) is 28.3 Å². The van der Waals surface area contributed by atoms with Crippen LogP contribution in [0.4, 0.5) is 4.79 Å². The average Bonchev–Trinajstić information content (AvgIpc) is 2.29. The van der Waals surface area contributed by atoms with Gasteiger partial charge in [0.25, 0.3) is 0 Å². The van der Waals surface area contributed by atoms with E-state index in [0.717, 1.165) is 25.7 Å². The number of nitrogens with two attached hydrogens (primary N) is 1. The van der Waals surface area contributed by atoms with Gasteiger partial charge in [-0.1, -0.05) is 37.3 Å². The molecule has 0 aliphatic heterocycles. The summed E-state index contributed by atoms with van der Waals surface area (Å²) in [6.07, 6.45) is 6.07. The largest absolute Gasteiger partial charge is 0.444 e. The van der Waals surface area contributed by atoms with Crippen LogP contribution in [0.5, 0.6) is 0 Å². The van der Waals surface area contributed by atoms with E-state index in [9.17, 15) is 4.79 Å². The Morgan fingerprint density at radius 2 is 1.70 bits per heavy atom. The predicted molar refractivity (Wildman–Crippen MR) is 77.8 cm³/mol. The van der Waals surface area contributed by atoms with E-state index in [1.807, 2.05) is 0 Å². The van der Waals surface area contributed by atoms with Crippen molar-refractivity contribution in [2.45, 2.75) is 76.9 Å². The molecule has 6 heteroatoms. The third-order valence-corrected chi connectivity index (χ3v) is 3.55. The number of nitrogens with one attached hydrogen (secondary N) is 1. The summed E-state index contributed by atoms with van der Waals surface area (Å²) in [6, 6.07) is 0. The van der Waals surface area contributed by atoms with E-state index >= 15 is 0 Å². The Morgan fingerprint density at radius 1 is 1.20 bits per heavy atom. The second-order valence-electron chi connectivity index (χ2n) is 6.46. The molecule has 0 aromatic heterocycles. The fraction of sp³-hybridized carbons (Fsp3) is 0.857. The number of hydrogen-bond donors (Lipinski definition) is 3. The molecule has 0 saturated heterocycles. The first-order valence-electron chi connectivity index (χ1n) is 7.28. The zero-order chi connectivity index (χ0) is 15.2. The van der Waals surface area contributed by atoms with E-state index in [4.69, 9.17) is 15.7 Å². The molecule has 0 atom stereocenters. The van der Waals surface area contributed by atoms with Crippen LogP contribution in [0, 0.1) is 0 Å². The molecule has 1 saturated carbocycles. The van der Waals surface area contributed by atoms with Crippen molar-refractivity contribution in [2.75, 3.05) is 0 Å². The van der Waals surface area contributed by atoms with E-state index < -0.39 is 17.2 Å². The van der Waals surface area contributed by atoms with Gasteiger partial charge in [-0.25, -0.2) is 4.79 Å². The van der Waals surface area contributed by atoms with Crippen molar-refractivity contribution >= 4 is 11.9 Å². The number of carbonyl (C=O) groups excluding carboxylic acids is 1. The van der Waals surface area contributed by atoms with E-state index in [-0.39, 0.29) is 5.84 Å². The van der Waals surface area contributed by atoms with Crippen LogP contribution in [0.25, 0.3) is 0 Å². The summed E-state index contributed by atoms with van der Waals surface area (Å²) in [7, 11) is 0. The monoisotopic (exact) mass is 285 g/mol.